The molecule has 1 amide bonds. The predicted octanol–water partition coefficient (Wildman–Crippen LogP) is 3.76. The van der Waals surface area contributed by atoms with Crippen molar-refractivity contribution in [2.24, 2.45) is 0 Å². The molecule has 6 nitrogen and oxygen atoms in total. The molecular weight excluding hydrogens is 386 g/mol. The SMILES string of the molecule is CCN(CC)S(=O)(=O)c1ccc(C(C)NC(=O)c2ccnc3ccccc23)cc1. The minimum atomic E-state index is -3.49. The predicted molar refractivity (Wildman–Crippen MR) is 114 cm³/mol. The van der Waals surface area contributed by atoms with Crippen LogP contribution in [-0.4, -0.2) is 36.7 Å². The van der Waals surface area contributed by atoms with E-state index >= 15 is 0 Å². The van der Waals surface area contributed by atoms with E-state index in [-0.39, 0.29) is 16.8 Å². The number of amides is 1. The normalized spacial score (nSPS) is 12.8. The minimum Gasteiger partial charge on any atom is -0.345 e. The fourth-order valence-electron chi connectivity index (χ4n) is 3.29. The molecule has 152 valence electrons. The number of sulfonamides is 1. The molecule has 1 unspecified atom stereocenters. The fraction of sp³-hybridized carbons (Fsp3) is 0.273. The summed E-state index contributed by atoms with van der Waals surface area (Å²) in [6.45, 7) is 6.35. The number of hydrogen-bond acceptors (Lipinski definition) is 4. The Morgan fingerprint density at radius 3 is 2.34 bits per heavy atom. The van der Waals surface area contributed by atoms with Crippen LogP contribution in [0.5, 0.6) is 0 Å². The summed E-state index contributed by atoms with van der Waals surface area (Å²) in [6.07, 6.45) is 1.62. The van der Waals surface area contributed by atoms with Gasteiger partial charge in [0, 0.05) is 24.7 Å². The first-order chi connectivity index (χ1) is 13.9. The Bertz CT molecular complexity index is 1100. The van der Waals surface area contributed by atoms with Gasteiger partial charge in [-0.05, 0) is 36.8 Å². The molecule has 2 aromatic carbocycles. The van der Waals surface area contributed by atoms with Crippen LogP contribution >= 0.6 is 0 Å². The lowest BCUT2D eigenvalue weighted by Gasteiger charge is -2.19. The van der Waals surface area contributed by atoms with Gasteiger partial charge in [-0.3, -0.25) is 9.78 Å². The van der Waals surface area contributed by atoms with Crippen molar-refractivity contribution in [3.05, 3.63) is 71.9 Å². The lowest BCUT2D eigenvalue weighted by molar-refractivity contribution is 0.0941. The highest BCUT2D eigenvalue weighted by Crippen LogP contribution is 2.21. The number of nitrogens with one attached hydrogen (secondary N) is 1. The van der Waals surface area contributed by atoms with Crippen LogP contribution in [0.3, 0.4) is 0 Å². The topological polar surface area (TPSA) is 79.4 Å². The molecule has 0 saturated carbocycles. The van der Waals surface area contributed by atoms with Gasteiger partial charge >= 0.3 is 0 Å². The summed E-state index contributed by atoms with van der Waals surface area (Å²) in [5, 5.41) is 3.77. The second kappa shape index (κ2) is 8.71. The van der Waals surface area contributed by atoms with Crippen LogP contribution in [0.15, 0.2) is 65.7 Å². The summed E-state index contributed by atoms with van der Waals surface area (Å²) in [7, 11) is -3.49. The molecular formula is C22H25N3O3S. The highest BCUT2D eigenvalue weighted by molar-refractivity contribution is 7.89. The summed E-state index contributed by atoms with van der Waals surface area (Å²) in [5.74, 6) is -0.198. The van der Waals surface area contributed by atoms with E-state index in [4.69, 9.17) is 0 Å². The van der Waals surface area contributed by atoms with E-state index in [1.165, 1.54) is 4.31 Å². The minimum absolute atomic E-state index is 0.198. The second-order valence-electron chi connectivity index (χ2n) is 6.73. The Kier molecular flexibility index (Phi) is 6.30. The maximum absolute atomic E-state index is 12.8. The quantitative estimate of drug-likeness (QED) is 0.642. The number of aromatic nitrogens is 1. The Balaban J connectivity index is 1.79. The van der Waals surface area contributed by atoms with Crippen molar-refractivity contribution in [2.45, 2.75) is 31.7 Å². The Labute approximate surface area is 171 Å². The molecule has 29 heavy (non-hydrogen) atoms. The van der Waals surface area contributed by atoms with Crippen molar-refractivity contribution in [1.82, 2.24) is 14.6 Å². The lowest BCUT2D eigenvalue weighted by atomic mass is 10.1. The molecule has 1 N–H and O–H groups in total. The van der Waals surface area contributed by atoms with Gasteiger partial charge in [-0.1, -0.05) is 44.2 Å². The van der Waals surface area contributed by atoms with E-state index in [9.17, 15) is 13.2 Å². The van der Waals surface area contributed by atoms with Crippen LogP contribution in [0, 0.1) is 0 Å². The standard InChI is InChI=1S/C22H25N3O3S/c1-4-25(5-2)29(27,28)18-12-10-17(11-13-18)16(3)24-22(26)20-14-15-23-21-9-7-6-8-19(20)21/h6-16H,4-5H2,1-3H3,(H,24,26). The first-order valence-corrected chi connectivity index (χ1v) is 11.1. The molecule has 0 fully saturated rings. The highest BCUT2D eigenvalue weighted by atomic mass is 32.2. The number of carbonyl (C=O) groups excluding carboxylic acids is 1. The van der Waals surface area contributed by atoms with E-state index in [1.807, 2.05) is 45.0 Å². The number of para-hydroxylation sites is 1. The molecule has 0 aliphatic heterocycles. The molecule has 0 saturated heterocycles. The smallest absolute Gasteiger partial charge is 0.252 e. The molecule has 0 aliphatic carbocycles. The van der Waals surface area contributed by atoms with Gasteiger partial charge in [-0.25, -0.2) is 8.42 Å². The van der Waals surface area contributed by atoms with Crippen molar-refractivity contribution in [2.75, 3.05) is 13.1 Å². The fourth-order valence-corrected chi connectivity index (χ4v) is 4.75. The highest BCUT2D eigenvalue weighted by Gasteiger charge is 2.22. The number of pyridine rings is 1. The van der Waals surface area contributed by atoms with Gasteiger partial charge in [-0.15, -0.1) is 0 Å². The average molecular weight is 412 g/mol. The van der Waals surface area contributed by atoms with Crippen LogP contribution in [0.25, 0.3) is 10.9 Å². The van der Waals surface area contributed by atoms with Crippen LogP contribution in [-0.2, 0) is 10.0 Å². The van der Waals surface area contributed by atoms with Gasteiger partial charge in [0.05, 0.1) is 22.0 Å². The van der Waals surface area contributed by atoms with Crippen LogP contribution in [0.2, 0.25) is 0 Å². The number of hydrogen-bond donors (Lipinski definition) is 1. The van der Waals surface area contributed by atoms with E-state index in [0.717, 1.165) is 16.5 Å². The number of rotatable bonds is 7. The average Bonchev–Trinajstić information content (AvgIpc) is 2.74. The molecule has 0 radical (unpaired) electrons. The summed E-state index contributed by atoms with van der Waals surface area (Å²) in [6, 6.07) is 15.6. The second-order valence-corrected chi connectivity index (χ2v) is 8.67. The zero-order valence-corrected chi connectivity index (χ0v) is 17.6. The number of carbonyl (C=O) groups is 1. The van der Waals surface area contributed by atoms with Gasteiger partial charge < -0.3 is 5.32 Å². The molecule has 3 aromatic rings. The molecule has 0 aliphatic rings. The van der Waals surface area contributed by atoms with Gasteiger partial charge in [0.15, 0.2) is 0 Å². The third-order valence-corrected chi connectivity index (χ3v) is 7.03. The summed E-state index contributed by atoms with van der Waals surface area (Å²) < 4.78 is 26.6. The molecule has 1 atom stereocenters. The van der Waals surface area contributed by atoms with Crippen molar-refractivity contribution in [1.29, 1.82) is 0 Å². The van der Waals surface area contributed by atoms with Crippen LogP contribution < -0.4 is 5.32 Å². The third-order valence-electron chi connectivity index (χ3n) is 4.96. The Morgan fingerprint density at radius 2 is 1.69 bits per heavy atom. The third kappa shape index (κ3) is 4.31. The van der Waals surface area contributed by atoms with Gasteiger partial charge in [0.25, 0.3) is 5.91 Å². The maximum atomic E-state index is 12.8. The molecule has 1 aromatic heterocycles. The van der Waals surface area contributed by atoms with E-state index in [2.05, 4.69) is 10.3 Å². The zero-order valence-electron chi connectivity index (χ0n) is 16.8. The largest absolute Gasteiger partial charge is 0.345 e. The van der Waals surface area contributed by atoms with E-state index in [0.29, 0.717) is 18.7 Å². The number of benzene rings is 2. The monoisotopic (exact) mass is 411 g/mol. The first-order valence-electron chi connectivity index (χ1n) is 9.63. The summed E-state index contributed by atoms with van der Waals surface area (Å²) in [4.78, 5) is 17.3. The number of nitrogens with zero attached hydrogens (tertiary/aromatic N) is 2. The lowest BCUT2D eigenvalue weighted by Crippen LogP contribution is -2.30. The van der Waals surface area contributed by atoms with Crippen molar-refractivity contribution < 1.29 is 13.2 Å². The molecule has 7 heteroatoms. The van der Waals surface area contributed by atoms with Crippen molar-refractivity contribution in [3.63, 3.8) is 0 Å². The van der Waals surface area contributed by atoms with Crippen molar-refractivity contribution >= 4 is 26.8 Å². The first kappa shape index (κ1) is 21.0. The van der Waals surface area contributed by atoms with Crippen LogP contribution in [0.4, 0.5) is 0 Å². The van der Waals surface area contributed by atoms with Gasteiger partial charge in [-0.2, -0.15) is 4.31 Å². The molecule has 1 heterocycles. The molecule has 3 rings (SSSR count). The Morgan fingerprint density at radius 1 is 1.03 bits per heavy atom. The van der Waals surface area contributed by atoms with Crippen LogP contribution in [0.1, 0.15) is 42.7 Å². The van der Waals surface area contributed by atoms with Gasteiger partial charge in [0.1, 0.15) is 0 Å². The van der Waals surface area contributed by atoms with E-state index in [1.54, 1.807) is 36.5 Å². The van der Waals surface area contributed by atoms with Crippen molar-refractivity contribution in [3.8, 4) is 0 Å². The van der Waals surface area contributed by atoms with E-state index < -0.39 is 10.0 Å². The zero-order chi connectivity index (χ0) is 21.0. The maximum Gasteiger partial charge on any atom is 0.252 e. The summed E-state index contributed by atoms with van der Waals surface area (Å²) >= 11 is 0. The Hall–Kier alpha value is -2.77. The molecule has 0 spiro atoms. The molecule has 0 bridgehead atoms. The number of fused-ring (bicyclic) bond motifs is 1. The summed E-state index contributed by atoms with van der Waals surface area (Å²) in [5.41, 5.74) is 2.15. The van der Waals surface area contributed by atoms with Gasteiger partial charge in [0.2, 0.25) is 10.0 Å².